The lowest BCUT2D eigenvalue weighted by Crippen LogP contribution is -2.41. The van der Waals surface area contributed by atoms with Crippen molar-refractivity contribution in [2.75, 3.05) is 14.2 Å². The summed E-state index contributed by atoms with van der Waals surface area (Å²) in [6.45, 7) is 5.61. The summed E-state index contributed by atoms with van der Waals surface area (Å²) in [7, 11) is 2.92. The summed E-state index contributed by atoms with van der Waals surface area (Å²) in [6.07, 6.45) is 0.0943. The highest BCUT2D eigenvalue weighted by atomic mass is 79.9. The largest absolute Gasteiger partial charge is 0.598 e. The minimum absolute atomic E-state index is 0.0943. The Hall–Kier alpha value is -0.760. The zero-order valence-corrected chi connectivity index (χ0v) is 15.8. The summed E-state index contributed by atoms with van der Waals surface area (Å²) in [6, 6.07) is 5.07. The van der Waals surface area contributed by atoms with Crippen molar-refractivity contribution in [1.82, 2.24) is 4.72 Å². The molecule has 0 bridgehead atoms. The number of hydrogen-bond acceptors (Lipinski definition) is 5. The van der Waals surface area contributed by atoms with Crippen molar-refractivity contribution in [3.8, 4) is 5.75 Å². The Morgan fingerprint density at radius 1 is 1.41 bits per heavy atom. The van der Waals surface area contributed by atoms with E-state index in [0.29, 0.717) is 5.75 Å². The molecule has 1 unspecified atom stereocenters. The minimum atomic E-state index is -1.30. The lowest BCUT2D eigenvalue weighted by atomic mass is 10.0. The number of carbonyl (C=O) groups excluding carboxylic acids is 1. The number of esters is 1. The first kappa shape index (κ1) is 19.3. The standard InChI is InChI=1S/C15H22BrNO4S/c1-15(2,3)22(19)17-12(9-14(18)21-5)10-6-7-13(20-4)11(16)8-10/h6-8,12,17H,9H2,1-5H3/t12-,22?/m0/s1. The molecule has 0 spiro atoms. The number of nitrogens with one attached hydrogen (secondary N) is 1. The molecule has 0 heterocycles. The Kier molecular flexibility index (Phi) is 7.18. The highest BCUT2D eigenvalue weighted by Gasteiger charge is 2.31. The number of ether oxygens (including phenoxy) is 2. The van der Waals surface area contributed by atoms with E-state index in [2.05, 4.69) is 20.7 Å². The first-order valence-electron chi connectivity index (χ1n) is 6.77. The van der Waals surface area contributed by atoms with E-state index in [9.17, 15) is 9.35 Å². The molecule has 0 saturated carbocycles. The number of carbonyl (C=O) groups is 1. The third-order valence-electron chi connectivity index (χ3n) is 2.98. The van der Waals surface area contributed by atoms with E-state index in [1.807, 2.05) is 32.9 Å². The van der Waals surface area contributed by atoms with Crippen LogP contribution in [0.2, 0.25) is 0 Å². The number of methoxy groups -OCH3 is 2. The molecule has 0 saturated heterocycles. The van der Waals surface area contributed by atoms with Gasteiger partial charge in [-0.1, -0.05) is 6.07 Å². The topological polar surface area (TPSA) is 70.6 Å². The highest BCUT2D eigenvalue weighted by molar-refractivity contribution is 9.10. The Labute approximate surface area is 143 Å². The van der Waals surface area contributed by atoms with Gasteiger partial charge >= 0.3 is 5.97 Å². The zero-order valence-electron chi connectivity index (χ0n) is 13.4. The van der Waals surface area contributed by atoms with Crippen LogP contribution in [0.15, 0.2) is 22.7 Å². The quantitative estimate of drug-likeness (QED) is 0.595. The van der Waals surface area contributed by atoms with Crippen LogP contribution in [0.1, 0.15) is 38.8 Å². The van der Waals surface area contributed by atoms with E-state index >= 15 is 0 Å². The molecule has 1 aromatic rings. The fourth-order valence-corrected chi connectivity index (χ4v) is 3.07. The second-order valence-electron chi connectivity index (χ2n) is 5.73. The van der Waals surface area contributed by atoms with Gasteiger partial charge in [-0.2, -0.15) is 0 Å². The predicted octanol–water partition coefficient (Wildman–Crippen LogP) is 3.11. The molecule has 0 aliphatic carbocycles. The third kappa shape index (κ3) is 5.46. The van der Waals surface area contributed by atoms with Gasteiger partial charge < -0.3 is 14.0 Å². The van der Waals surface area contributed by atoms with Crippen molar-refractivity contribution < 1.29 is 18.8 Å². The molecule has 0 fully saturated rings. The summed E-state index contributed by atoms with van der Waals surface area (Å²) in [5.74, 6) is 0.327. The first-order chi connectivity index (χ1) is 10.2. The second-order valence-corrected chi connectivity index (χ2v) is 8.58. The second kappa shape index (κ2) is 8.19. The van der Waals surface area contributed by atoms with Gasteiger partial charge in [0.05, 0.1) is 31.2 Å². The zero-order chi connectivity index (χ0) is 16.9. The predicted molar refractivity (Wildman–Crippen MR) is 91.1 cm³/mol. The Balaban J connectivity index is 3.04. The van der Waals surface area contributed by atoms with Crippen molar-refractivity contribution in [3.63, 3.8) is 0 Å². The molecule has 0 amide bonds. The molecule has 1 N–H and O–H groups in total. The summed E-state index contributed by atoms with van der Waals surface area (Å²) >= 11 is 2.12. The molecule has 7 heteroatoms. The van der Waals surface area contributed by atoms with Gasteiger partial charge in [0.25, 0.3) is 0 Å². The number of rotatable bonds is 6. The number of benzene rings is 1. The Morgan fingerprint density at radius 2 is 2.05 bits per heavy atom. The Bertz CT molecular complexity index is 519. The normalized spacial score (nSPS) is 14.3. The van der Waals surface area contributed by atoms with Crippen molar-refractivity contribution in [1.29, 1.82) is 0 Å². The molecule has 22 heavy (non-hydrogen) atoms. The van der Waals surface area contributed by atoms with Crippen LogP contribution in [0.25, 0.3) is 0 Å². The maximum atomic E-state index is 12.3. The van der Waals surface area contributed by atoms with E-state index in [1.165, 1.54) is 7.11 Å². The summed E-state index contributed by atoms with van der Waals surface area (Å²) in [5.41, 5.74) is 0.829. The molecule has 0 aliphatic rings. The van der Waals surface area contributed by atoms with Crippen LogP contribution >= 0.6 is 15.9 Å². The summed E-state index contributed by atoms with van der Waals surface area (Å²) in [4.78, 5) is 11.6. The number of halogens is 1. The fourth-order valence-electron chi connectivity index (χ4n) is 1.68. The van der Waals surface area contributed by atoms with Gasteiger partial charge in [0, 0.05) is 11.4 Å². The van der Waals surface area contributed by atoms with Crippen LogP contribution in [-0.2, 0) is 20.9 Å². The van der Waals surface area contributed by atoms with Crippen molar-refractivity contribution in [3.05, 3.63) is 28.2 Å². The smallest absolute Gasteiger partial charge is 0.307 e. The number of hydrogen-bond donors (Lipinski definition) is 1. The SMILES string of the molecule is COC(=O)C[C@H](N[S+]([O-])C(C)(C)C)c1ccc(OC)c(Br)c1. The maximum absolute atomic E-state index is 12.3. The van der Waals surface area contributed by atoms with Gasteiger partial charge in [0.1, 0.15) is 10.5 Å². The molecular weight excluding hydrogens is 370 g/mol. The van der Waals surface area contributed by atoms with E-state index in [-0.39, 0.29) is 12.4 Å². The van der Waals surface area contributed by atoms with E-state index in [1.54, 1.807) is 13.2 Å². The molecule has 0 radical (unpaired) electrons. The first-order valence-corrected chi connectivity index (χ1v) is 8.71. The van der Waals surface area contributed by atoms with Crippen molar-refractivity contribution in [2.45, 2.75) is 38.0 Å². The van der Waals surface area contributed by atoms with Crippen molar-refractivity contribution >= 4 is 33.3 Å². The minimum Gasteiger partial charge on any atom is -0.598 e. The molecule has 124 valence electrons. The third-order valence-corrected chi connectivity index (χ3v) is 5.21. The average molecular weight is 392 g/mol. The van der Waals surface area contributed by atoms with Crippen LogP contribution in [-0.4, -0.2) is 29.5 Å². The van der Waals surface area contributed by atoms with Crippen LogP contribution < -0.4 is 9.46 Å². The van der Waals surface area contributed by atoms with Gasteiger partial charge in [0.2, 0.25) is 0 Å². The monoisotopic (exact) mass is 391 g/mol. The lowest BCUT2D eigenvalue weighted by molar-refractivity contribution is -0.141. The van der Waals surface area contributed by atoms with E-state index < -0.39 is 22.2 Å². The van der Waals surface area contributed by atoms with Crippen LogP contribution in [0.3, 0.4) is 0 Å². The Morgan fingerprint density at radius 3 is 2.50 bits per heavy atom. The molecule has 0 aromatic heterocycles. The molecule has 0 aliphatic heterocycles. The summed E-state index contributed by atoms with van der Waals surface area (Å²) in [5, 5.41) is 0. The van der Waals surface area contributed by atoms with E-state index in [4.69, 9.17) is 9.47 Å². The van der Waals surface area contributed by atoms with Gasteiger partial charge in [-0.3, -0.25) is 4.79 Å². The van der Waals surface area contributed by atoms with Gasteiger partial charge in [-0.15, -0.1) is 4.72 Å². The van der Waals surface area contributed by atoms with Crippen LogP contribution in [0, 0.1) is 0 Å². The fraction of sp³-hybridized carbons (Fsp3) is 0.533. The highest BCUT2D eigenvalue weighted by Crippen LogP contribution is 2.30. The van der Waals surface area contributed by atoms with Gasteiger partial charge in [-0.05, 0) is 54.4 Å². The summed E-state index contributed by atoms with van der Waals surface area (Å²) < 4.78 is 25.6. The van der Waals surface area contributed by atoms with Gasteiger partial charge in [0.15, 0.2) is 0 Å². The maximum Gasteiger partial charge on any atom is 0.307 e. The van der Waals surface area contributed by atoms with Crippen molar-refractivity contribution in [2.24, 2.45) is 0 Å². The van der Waals surface area contributed by atoms with Crippen LogP contribution in [0.4, 0.5) is 0 Å². The van der Waals surface area contributed by atoms with Gasteiger partial charge in [-0.25, -0.2) is 0 Å². The molecule has 5 nitrogen and oxygen atoms in total. The molecule has 1 aromatic carbocycles. The molecular formula is C15H22BrNO4S. The molecule has 2 atom stereocenters. The average Bonchev–Trinajstić information content (AvgIpc) is 2.45. The van der Waals surface area contributed by atoms with Crippen LogP contribution in [0.5, 0.6) is 5.75 Å². The lowest BCUT2D eigenvalue weighted by Gasteiger charge is -2.28. The van der Waals surface area contributed by atoms with E-state index in [0.717, 1.165) is 10.0 Å². The molecule has 1 rings (SSSR count).